The van der Waals surface area contributed by atoms with E-state index in [0.29, 0.717) is 16.5 Å². The molecule has 1 atom stereocenters. The van der Waals surface area contributed by atoms with Crippen molar-refractivity contribution in [1.82, 2.24) is 4.98 Å². The Morgan fingerprint density at radius 1 is 1.18 bits per heavy atom. The van der Waals surface area contributed by atoms with E-state index < -0.39 is 0 Å². The second kappa shape index (κ2) is 5.72. The van der Waals surface area contributed by atoms with Gasteiger partial charge in [0.25, 0.3) is 0 Å². The first-order valence-electron chi connectivity index (χ1n) is 5.15. The van der Waals surface area contributed by atoms with Crippen molar-refractivity contribution in [2.75, 3.05) is 0 Å². The number of rotatable bonds is 3. The number of hydrogen-bond acceptors (Lipinski definition) is 1. The third-order valence-corrected chi connectivity index (χ3v) is 3.45. The topological polar surface area (TPSA) is 12.9 Å². The first kappa shape index (κ1) is 12.7. The van der Waals surface area contributed by atoms with E-state index in [0.717, 1.165) is 11.1 Å². The minimum atomic E-state index is -0.145. The molecule has 0 saturated carbocycles. The summed E-state index contributed by atoms with van der Waals surface area (Å²) in [4.78, 5) is 3.94. The molecule has 1 nitrogen and oxygen atoms in total. The molecule has 17 heavy (non-hydrogen) atoms. The summed E-state index contributed by atoms with van der Waals surface area (Å²) in [5.41, 5.74) is 1.98. The molecule has 2 rings (SSSR count). The summed E-state index contributed by atoms with van der Waals surface area (Å²) < 4.78 is 0. The van der Waals surface area contributed by atoms with Crippen LogP contribution in [0.5, 0.6) is 0 Å². The SMILES string of the molecule is Clc1cccc(C(Cl)Cc2ccncc2Cl)c1. The van der Waals surface area contributed by atoms with Crippen LogP contribution < -0.4 is 0 Å². The van der Waals surface area contributed by atoms with Crippen LogP contribution in [0.25, 0.3) is 0 Å². The highest BCUT2D eigenvalue weighted by Crippen LogP contribution is 2.29. The van der Waals surface area contributed by atoms with E-state index in [1.54, 1.807) is 12.4 Å². The lowest BCUT2D eigenvalue weighted by Crippen LogP contribution is -1.97. The maximum Gasteiger partial charge on any atom is 0.0626 e. The minimum Gasteiger partial charge on any atom is -0.263 e. The van der Waals surface area contributed by atoms with Crippen molar-refractivity contribution in [3.05, 3.63) is 63.9 Å². The molecule has 1 unspecified atom stereocenters. The second-order valence-electron chi connectivity index (χ2n) is 3.69. The maximum atomic E-state index is 6.35. The van der Waals surface area contributed by atoms with E-state index >= 15 is 0 Å². The molecular weight excluding hydrogens is 277 g/mol. The van der Waals surface area contributed by atoms with Crippen molar-refractivity contribution in [1.29, 1.82) is 0 Å². The van der Waals surface area contributed by atoms with Gasteiger partial charge < -0.3 is 0 Å². The van der Waals surface area contributed by atoms with E-state index in [1.807, 2.05) is 30.3 Å². The first-order valence-corrected chi connectivity index (χ1v) is 6.34. The van der Waals surface area contributed by atoms with Gasteiger partial charge in [0, 0.05) is 17.4 Å². The van der Waals surface area contributed by atoms with Gasteiger partial charge in [-0.3, -0.25) is 4.98 Å². The molecule has 0 fully saturated rings. The van der Waals surface area contributed by atoms with Crippen LogP contribution >= 0.6 is 34.8 Å². The number of pyridine rings is 1. The molecule has 0 radical (unpaired) electrons. The molecule has 0 aliphatic heterocycles. The van der Waals surface area contributed by atoms with Gasteiger partial charge in [-0.2, -0.15) is 0 Å². The molecule has 1 heterocycles. The summed E-state index contributed by atoms with van der Waals surface area (Å²) in [6.45, 7) is 0. The summed E-state index contributed by atoms with van der Waals surface area (Å²) in [5.74, 6) is 0. The highest BCUT2D eigenvalue weighted by Gasteiger charge is 2.11. The fraction of sp³-hybridized carbons (Fsp3) is 0.154. The lowest BCUT2D eigenvalue weighted by atomic mass is 10.0. The van der Waals surface area contributed by atoms with Crippen LogP contribution in [0.2, 0.25) is 10.0 Å². The van der Waals surface area contributed by atoms with Gasteiger partial charge >= 0.3 is 0 Å². The molecule has 0 bridgehead atoms. The van der Waals surface area contributed by atoms with E-state index in [-0.39, 0.29) is 5.38 Å². The van der Waals surface area contributed by atoms with E-state index in [9.17, 15) is 0 Å². The molecular formula is C13H10Cl3N. The largest absolute Gasteiger partial charge is 0.263 e. The number of aromatic nitrogens is 1. The lowest BCUT2D eigenvalue weighted by Gasteiger charge is -2.11. The normalized spacial score (nSPS) is 12.4. The van der Waals surface area contributed by atoms with Gasteiger partial charge in [0.05, 0.1) is 10.4 Å². The van der Waals surface area contributed by atoms with Crippen molar-refractivity contribution in [2.45, 2.75) is 11.8 Å². The van der Waals surface area contributed by atoms with Gasteiger partial charge in [-0.1, -0.05) is 35.3 Å². The molecule has 1 aromatic carbocycles. The zero-order valence-electron chi connectivity index (χ0n) is 8.91. The van der Waals surface area contributed by atoms with E-state index in [1.165, 1.54) is 0 Å². The molecule has 0 aliphatic rings. The fourth-order valence-corrected chi connectivity index (χ4v) is 2.28. The van der Waals surface area contributed by atoms with Gasteiger partial charge in [0.2, 0.25) is 0 Å². The van der Waals surface area contributed by atoms with Gasteiger partial charge in [0.1, 0.15) is 0 Å². The summed E-state index contributed by atoms with van der Waals surface area (Å²) in [5, 5.41) is 1.18. The Balaban J connectivity index is 2.17. The van der Waals surface area contributed by atoms with Gasteiger partial charge in [-0.15, -0.1) is 11.6 Å². The number of nitrogens with zero attached hydrogens (tertiary/aromatic N) is 1. The minimum absolute atomic E-state index is 0.145. The average molecular weight is 287 g/mol. The zero-order valence-corrected chi connectivity index (χ0v) is 11.2. The zero-order chi connectivity index (χ0) is 12.3. The van der Waals surface area contributed by atoms with Gasteiger partial charge in [-0.05, 0) is 35.7 Å². The lowest BCUT2D eigenvalue weighted by molar-refractivity contribution is 0.916. The monoisotopic (exact) mass is 285 g/mol. The smallest absolute Gasteiger partial charge is 0.0626 e. The Hall–Kier alpha value is -0.760. The third-order valence-electron chi connectivity index (χ3n) is 2.47. The Bertz CT molecular complexity index is 514. The van der Waals surface area contributed by atoms with Crippen LogP contribution in [-0.2, 0) is 6.42 Å². The highest BCUT2D eigenvalue weighted by atomic mass is 35.5. The summed E-state index contributed by atoms with van der Waals surface area (Å²) in [6, 6.07) is 9.42. The molecule has 1 aromatic heterocycles. The summed E-state index contributed by atoms with van der Waals surface area (Å²) in [6.07, 6.45) is 3.99. The molecule has 4 heteroatoms. The first-order chi connectivity index (χ1) is 8.16. The maximum absolute atomic E-state index is 6.35. The quantitative estimate of drug-likeness (QED) is 0.731. The van der Waals surface area contributed by atoms with Crippen LogP contribution in [0.4, 0.5) is 0 Å². The summed E-state index contributed by atoms with van der Waals surface area (Å²) in [7, 11) is 0. The molecule has 0 aliphatic carbocycles. The van der Waals surface area contributed by atoms with Crippen molar-refractivity contribution in [3.63, 3.8) is 0 Å². The predicted molar refractivity (Wildman–Crippen MR) is 73.0 cm³/mol. The number of alkyl halides is 1. The highest BCUT2D eigenvalue weighted by molar-refractivity contribution is 6.31. The Labute approximate surface area is 115 Å². The Kier molecular flexibility index (Phi) is 4.27. The Morgan fingerprint density at radius 2 is 2.00 bits per heavy atom. The molecule has 88 valence electrons. The van der Waals surface area contributed by atoms with E-state index in [4.69, 9.17) is 34.8 Å². The predicted octanol–water partition coefficient (Wildman–Crippen LogP) is 4.91. The molecule has 0 N–H and O–H groups in total. The number of halogens is 3. The van der Waals surface area contributed by atoms with E-state index in [2.05, 4.69) is 4.98 Å². The third kappa shape index (κ3) is 3.35. The van der Waals surface area contributed by atoms with Crippen LogP contribution in [-0.4, -0.2) is 4.98 Å². The van der Waals surface area contributed by atoms with Crippen LogP contribution in [0.1, 0.15) is 16.5 Å². The second-order valence-corrected chi connectivity index (χ2v) is 5.06. The van der Waals surface area contributed by atoms with Crippen molar-refractivity contribution < 1.29 is 0 Å². The molecule has 2 aromatic rings. The Morgan fingerprint density at radius 3 is 2.71 bits per heavy atom. The van der Waals surface area contributed by atoms with Crippen LogP contribution in [0, 0.1) is 0 Å². The average Bonchev–Trinajstić information content (AvgIpc) is 2.32. The van der Waals surface area contributed by atoms with Crippen molar-refractivity contribution in [2.24, 2.45) is 0 Å². The van der Waals surface area contributed by atoms with Crippen LogP contribution in [0.15, 0.2) is 42.7 Å². The van der Waals surface area contributed by atoms with Gasteiger partial charge in [0.15, 0.2) is 0 Å². The van der Waals surface area contributed by atoms with Crippen molar-refractivity contribution >= 4 is 34.8 Å². The van der Waals surface area contributed by atoms with Crippen molar-refractivity contribution in [3.8, 4) is 0 Å². The standard InChI is InChI=1S/C13H10Cl3N/c14-11-3-1-2-9(6-11)12(15)7-10-4-5-17-8-13(10)16/h1-6,8,12H,7H2. The number of hydrogen-bond donors (Lipinski definition) is 0. The molecule has 0 spiro atoms. The summed E-state index contributed by atoms with van der Waals surface area (Å²) >= 11 is 18.3. The molecule has 0 saturated heterocycles. The van der Waals surface area contributed by atoms with Gasteiger partial charge in [-0.25, -0.2) is 0 Å². The number of benzene rings is 1. The molecule has 0 amide bonds. The fourth-order valence-electron chi connectivity index (χ4n) is 1.58. The van der Waals surface area contributed by atoms with Crippen LogP contribution in [0.3, 0.4) is 0 Å².